The standard InChI is InChI=1S/C27H31NO4S/c1-18(2)22-16-17-23(24(19(3)4)25(22)32-33(28,30)31)26(29)27(5,20-12-8-6-9-13-20)21-14-10-7-11-15-21/h6-19H,1-5H3,(H2,28,30,31). The van der Waals surface area contributed by atoms with Gasteiger partial charge in [-0.3, -0.25) is 4.79 Å². The molecule has 0 spiro atoms. The highest BCUT2D eigenvalue weighted by Crippen LogP contribution is 2.42. The fourth-order valence-electron chi connectivity index (χ4n) is 4.29. The molecule has 5 nitrogen and oxygen atoms in total. The van der Waals surface area contributed by atoms with Crippen LogP contribution in [0.15, 0.2) is 72.8 Å². The third kappa shape index (κ3) is 5.02. The van der Waals surface area contributed by atoms with Crippen molar-refractivity contribution >= 4 is 16.1 Å². The van der Waals surface area contributed by atoms with Crippen LogP contribution in [-0.4, -0.2) is 14.2 Å². The second-order valence-electron chi connectivity index (χ2n) is 9.02. The molecule has 0 aromatic heterocycles. The van der Waals surface area contributed by atoms with Gasteiger partial charge in [-0.1, -0.05) is 100 Å². The van der Waals surface area contributed by atoms with Gasteiger partial charge in [0.25, 0.3) is 0 Å². The molecular formula is C27H31NO4S. The topological polar surface area (TPSA) is 86.5 Å². The minimum Gasteiger partial charge on any atom is -0.370 e. The van der Waals surface area contributed by atoms with Gasteiger partial charge < -0.3 is 4.18 Å². The van der Waals surface area contributed by atoms with Crippen LogP contribution in [0, 0.1) is 0 Å². The molecule has 33 heavy (non-hydrogen) atoms. The third-order valence-corrected chi connectivity index (χ3v) is 6.43. The average Bonchev–Trinajstić information content (AvgIpc) is 2.77. The summed E-state index contributed by atoms with van der Waals surface area (Å²) in [6, 6.07) is 22.7. The summed E-state index contributed by atoms with van der Waals surface area (Å²) in [4.78, 5) is 14.4. The van der Waals surface area contributed by atoms with Crippen LogP contribution >= 0.6 is 0 Å². The number of carbonyl (C=O) groups is 1. The van der Waals surface area contributed by atoms with Gasteiger partial charge in [0.15, 0.2) is 11.5 Å². The normalized spacial score (nSPS) is 12.2. The molecule has 0 aliphatic carbocycles. The van der Waals surface area contributed by atoms with E-state index in [1.165, 1.54) is 0 Å². The number of ketones is 1. The lowest BCUT2D eigenvalue weighted by Crippen LogP contribution is -2.35. The highest BCUT2D eigenvalue weighted by molar-refractivity contribution is 7.84. The van der Waals surface area contributed by atoms with Crippen LogP contribution in [0.1, 0.15) is 79.1 Å². The van der Waals surface area contributed by atoms with Crippen LogP contribution in [-0.2, 0) is 15.7 Å². The van der Waals surface area contributed by atoms with Crippen LogP contribution in [0.4, 0.5) is 0 Å². The molecule has 0 amide bonds. The van der Waals surface area contributed by atoms with E-state index in [9.17, 15) is 13.2 Å². The number of nitrogens with two attached hydrogens (primary N) is 1. The number of rotatable bonds is 8. The average molecular weight is 466 g/mol. The van der Waals surface area contributed by atoms with Gasteiger partial charge in [-0.05, 0) is 35.4 Å². The van der Waals surface area contributed by atoms with Crippen molar-refractivity contribution in [1.82, 2.24) is 0 Å². The van der Waals surface area contributed by atoms with Crippen LogP contribution in [0.3, 0.4) is 0 Å². The van der Waals surface area contributed by atoms with E-state index < -0.39 is 15.7 Å². The minimum atomic E-state index is -4.28. The lowest BCUT2D eigenvalue weighted by Gasteiger charge is -2.31. The summed E-state index contributed by atoms with van der Waals surface area (Å²) in [7, 11) is -4.28. The van der Waals surface area contributed by atoms with Gasteiger partial charge in [0.1, 0.15) is 0 Å². The Labute approximate surface area is 196 Å². The lowest BCUT2D eigenvalue weighted by atomic mass is 9.69. The fourth-order valence-corrected chi connectivity index (χ4v) is 4.71. The Bertz CT molecular complexity index is 1190. The maximum Gasteiger partial charge on any atom is 0.380 e. The van der Waals surface area contributed by atoms with E-state index in [4.69, 9.17) is 9.32 Å². The van der Waals surface area contributed by atoms with Crippen molar-refractivity contribution in [2.75, 3.05) is 0 Å². The maximum atomic E-state index is 14.4. The minimum absolute atomic E-state index is 0.0296. The molecule has 0 saturated heterocycles. The van der Waals surface area contributed by atoms with E-state index in [0.29, 0.717) is 16.7 Å². The molecule has 0 aliphatic rings. The molecule has 0 heterocycles. The van der Waals surface area contributed by atoms with Gasteiger partial charge >= 0.3 is 10.3 Å². The van der Waals surface area contributed by atoms with Crippen molar-refractivity contribution < 1.29 is 17.4 Å². The first-order valence-electron chi connectivity index (χ1n) is 11.0. The molecule has 0 atom stereocenters. The molecule has 0 saturated carbocycles. The van der Waals surface area contributed by atoms with Crippen LogP contribution in [0.25, 0.3) is 0 Å². The van der Waals surface area contributed by atoms with E-state index in [1.807, 2.05) is 95.3 Å². The Hall–Kier alpha value is -2.96. The van der Waals surface area contributed by atoms with Crippen molar-refractivity contribution in [2.24, 2.45) is 5.14 Å². The quantitative estimate of drug-likeness (QED) is 0.432. The Balaban J connectivity index is 2.34. The first kappa shape index (κ1) is 24.7. The largest absolute Gasteiger partial charge is 0.380 e. The second-order valence-corrected chi connectivity index (χ2v) is 10.2. The summed E-state index contributed by atoms with van der Waals surface area (Å²) in [5.74, 6) is -0.205. The van der Waals surface area contributed by atoms with Crippen molar-refractivity contribution in [1.29, 1.82) is 0 Å². The van der Waals surface area contributed by atoms with E-state index in [-0.39, 0.29) is 23.4 Å². The predicted molar refractivity (Wildman–Crippen MR) is 132 cm³/mol. The molecule has 0 aliphatic heterocycles. The molecule has 0 fully saturated rings. The number of hydrogen-bond donors (Lipinski definition) is 1. The van der Waals surface area contributed by atoms with Crippen molar-refractivity contribution in [3.63, 3.8) is 0 Å². The molecule has 0 bridgehead atoms. The predicted octanol–water partition coefficient (Wildman–Crippen LogP) is 5.70. The smallest absolute Gasteiger partial charge is 0.370 e. The van der Waals surface area contributed by atoms with Gasteiger partial charge in [0, 0.05) is 11.1 Å². The molecule has 3 rings (SSSR count). The maximum absolute atomic E-state index is 14.4. The lowest BCUT2D eigenvalue weighted by molar-refractivity contribution is 0.0921. The summed E-state index contributed by atoms with van der Waals surface area (Å²) >= 11 is 0. The first-order valence-corrected chi connectivity index (χ1v) is 12.5. The van der Waals surface area contributed by atoms with Crippen molar-refractivity contribution in [3.05, 3.63) is 101 Å². The highest BCUT2D eigenvalue weighted by atomic mass is 32.2. The molecule has 174 valence electrons. The fraction of sp³-hybridized carbons (Fsp3) is 0.296. The zero-order valence-electron chi connectivity index (χ0n) is 19.7. The molecule has 3 aromatic rings. The van der Waals surface area contributed by atoms with Crippen LogP contribution in [0.2, 0.25) is 0 Å². The monoisotopic (exact) mass is 465 g/mol. The molecular weight excluding hydrogens is 434 g/mol. The number of carbonyl (C=O) groups excluding carboxylic acids is 1. The molecule has 0 radical (unpaired) electrons. The molecule has 6 heteroatoms. The summed E-state index contributed by atoms with van der Waals surface area (Å²) in [5, 5.41) is 5.26. The molecule has 0 unspecified atom stereocenters. The van der Waals surface area contributed by atoms with Gasteiger partial charge in [0.2, 0.25) is 0 Å². The number of Topliss-reactive ketones (excluding diaryl/α,β-unsaturated/α-hetero) is 1. The number of hydrogen-bond acceptors (Lipinski definition) is 4. The van der Waals surface area contributed by atoms with Gasteiger partial charge in [-0.2, -0.15) is 13.6 Å². The molecule has 3 aromatic carbocycles. The third-order valence-electron chi connectivity index (χ3n) is 6.03. The van der Waals surface area contributed by atoms with Gasteiger partial charge in [0.05, 0.1) is 5.41 Å². The van der Waals surface area contributed by atoms with Crippen LogP contribution in [0.5, 0.6) is 5.75 Å². The zero-order valence-corrected chi connectivity index (χ0v) is 20.5. The van der Waals surface area contributed by atoms with Crippen molar-refractivity contribution in [3.8, 4) is 5.75 Å². The molecule has 2 N–H and O–H groups in total. The Morgan fingerprint density at radius 3 is 1.70 bits per heavy atom. The van der Waals surface area contributed by atoms with E-state index in [2.05, 4.69) is 0 Å². The highest BCUT2D eigenvalue weighted by Gasteiger charge is 2.40. The Kier molecular flexibility index (Phi) is 7.10. The SMILES string of the molecule is CC(C)c1ccc(C(=O)C(C)(c2ccccc2)c2ccccc2)c(C(C)C)c1OS(N)(=O)=O. The summed E-state index contributed by atoms with van der Waals surface area (Å²) < 4.78 is 29.2. The van der Waals surface area contributed by atoms with Crippen LogP contribution < -0.4 is 9.32 Å². The second kappa shape index (κ2) is 9.49. The zero-order chi connectivity index (χ0) is 24.4. The number of benzene rings is 3. The van der Waals surface area contributed by atoms with E-state index in [1.54, 1.807) is 12.1 Å². The van der Waals surface area contributed by atoms with Gasteiger partial charge in [-0.15, -0.1) is 0 Å². The first-order chi connectivity index (χ1) is 15.5. The van der Waals surface area contributed by atoms with E-state index >= 15 is 0 Å². The van der Waals surface area contributed by atoms with E-state index in [0.717, 1.165) is 11.1 Å². The summed E-state index contributed by atoms with van der Waals surface area (Å²) in [6.07, 6.45) is 0. The van der Waals surface area contributed by atoms with Crippen molar-refractivity contribution in [2.45, 2.75) is 51.9 Å². The van der Waals surface area contributed by atoms with Gasteiger partial charge in [-0.25, -0.2) is 0 Å². The Morgan fingerprint density at radius 1 is 0.818 bits per heavy atom. The Morgan fingerprint density at radius 2 is 1.30 bits per heavy atom. The summed E-state index contributed by atoms with van der Waals surface area (Å²) in [6.45, 7) is 9.60. The summed E-state index contributed by atoms with van der Waals surface area (Å²) in [5.41, 5.74) is 2.34.